The lowest BCUT2D eigenvalue weighted by Crippen LogP contribution is -2.40. The average molecular weight is 368 g/mol. The number of likely N-dealkylation sites (N-methyl/N-ethyl adjacent to an activating group) is 1. The second kappa shape index (κ2) is 8.78. The molecule has 1 fully saturated rings. The van der Waals surface area contributed by atoms with Crippen LogP contribution in [0.2, 0.25) is 0 Å². The van der Waals surface area contributed by atoms with Crippen molar-refractivity contribution in [3.8, 4) is 0 Å². The zero-order chi connectivity index (χ0) is 18.4. The van der Waals surface area contributed by atoms with Crippen LogP contribution in [-0.2, 0) is 14.8 Å². The number of sulfonamides is 1. The Morgan fingerprint density at radius 3 is 2.72 bits per heavy atom. The molecule has 1 aliphatic heterocycles. The van der Waals surface area contributed by atoms with Gasteiger partial charge in [-0.05, 0) is 63.0 Å². The molecule has 0 saturated carbocycles. The van der Waals surface area contributed by atoms with E-state index in [9.17, 15) is 13.2 Å². The topological polar surface area (TPSA) is 78.5 Å². The highest BCUT2D eigenvalue weighted by molar-refractivity contribution is 7.89. The standard InChI is InChI=1S/C18H29N3O3S/c1-4-21-11-5-6-16(21)13-19-18(22)9-10-20-25(23,24)17-8-7-14(2)15(3)12-17/h7-8,12,16,20H,4-6,9-11,13H2,1-3H3,(H,19,22). The van der Waals surface area contributed by atoms with Gasteiger partial charge in [0.05, 0.1) is 4.90 Å². The summed E-state index contributed by atoms with van der Waals surface area (Å²) >= 11 is 0. The minimum atomic E-state index is -3.58. The van der Waals surface area contributed by atoms with Gasteiger partial charge >= 0.3 is 0 Å². The van der Waals surface area contributed by atoms with Gasteiger partial charge < -0.3 is 5.32 Å². The van der Waals surface area contributed by atoms with Crippen molar-refractivity contribution >= 4 is 15.9 Å². The quantitative estimate of drug-likeness (QED) is 0.731. The Labute approximate surface area is 151 Å². The van der Waals surface area contributed by atoms with Crippen LogP contribution in [0.1, 0.15) is 37.3 Å². The third-order valence-electron chi connectivity index (χ3n) is 4.87. The zero-order valence-corrected chi connectivity index (χ0v) is 16.2. The molecule has 2 N–H and O–H groups in total. The van der Waals surface area contributed by atoms with E-state index in [1.165, 1.54) is 6.42 Å². The Kier molecular flexibility index (Phi) is 6.98. The molecule has 25 heavy (non-hydrogen) atoms. The molecular weight excluding hydrogens is 338 g/mol. The van der Waals surface area contributed by atoms with Gasteiger partial charge in [-0.25, -0.2) is 13.1 Å². The van der Waals surface area contributed by atoms with Crippen LogP contribution in [0.4, 0.5) is 0 Å². The molecule has 0 aliphatic carbocycles. The second-order valence-electron chi connectivity index (χ2n) is 6.62. The number of likely N-dealkylation sites (tertiary alicyclic amines) is 1. The normalized spacial score (nSPS) is 18.4. The van der Waals surface area contributed by atoms with Gasteiger partial charge in [0, 0.05) is 25.6 Å². The fourth-order valence-corrected chi connectivity index (χ4v) is 4.24. The molecule has 1 amide bonds. The fraction of sp³-hybridized carbons (Fsp3) is 0.611. The van der Waals surface area contributed by atoms with Gasteiger partial charge in [0.2, 0.25) is 15.9 Å². The van der Waals surface area contributed by atoms with E-state index in [2.05, 4.69) is 21.9 Å². The lowest BCUT2D eigenvalue weighted by atomic mass is 10.1. The molecule has 7 heteroatoms. The number of amides is 1. The molecule has 0 radical (unpaired) electrons. The van der Waals surface area contributed by atoms with Crippen molar-refractivity contribution in [2.24, 2.45) is 0 Å². The summed E-state index contributed by atoms with van der Waals surface area (Å²) in [5, 5.41) is 2.92. The van der Waals surface area contributed by atoms with Gasteiger partial charge in [0.1, 0.15) is 0 Å². The van der Waals surface area contributed by atoms with E-state index in [4.69, 9.17) is 0 Å². The fourth-order valence-electron chi connectivity index (χ4n) is 3.13. The Hall–Kier alpha value is -1.44. The molecule has 1 aromatic rings. The summed E-state index contributed by atoms with van der Waals surface area (Å²) in [4.78, 5) is 14.6. The molecule has 6 nitrogen and oxygen atoms in total. The predicted octanol–water partition coefficient (Wildman–Crippen LogP) is 1.57. The third kappa shape index (κ3) is 5.52. The van der Waals surface area contributed by atoms with E-state index in [1.807, 2.05) is 13.8 Å². The molecule has 1 atom stereocenters. The van der Waals surface area contributed by atoms with Crippen LogP contribution in [0.3, 0.4) is 0 Å². The second-order valence-corrected chi connectivity index (χ2v) is 8.39. The maximum Gasteiger partial charge on any atom is 0.240 e. The summed E-state index contributed by atoms with van der Waals surface area (Å²) < 4.78 is 27.1. The summed E-state index contributed by atoms with van der Waals surface area (Å²) in [5.74, 6) is -0.120. The zero-order valence-electron chi connectivity index (χ0n) is 15.3. The number of hydrogen-bond acceptors (Lipinski definition) is 4. The smallest absolute Gasteiger partial charge is 0.240 e. The number of hydrogen-bond donors (Lipinski definition) is 2. The van der Waals surface area contributed by atoms with Crippen molar-refractivity contribution in [3.05, 3.63) is 29.3 Å². The van der Waals surface area contributed by atoms with Crippen molar-refractivity contribution in [2.75, 3.05) is 26.2 Å². The van der Waals surface area contributed by atoms with Gasteiger partial charge in [-0.3, -0.25) is 9.69 Å². The molecule has 0 spiro atoms. The molecule has 1 heterocycles. The molecule has 0 bridgehead atoms. The average Bonchev–Trinajstić information content (AvgIpc) is 3.02. The van der Waals surface area contributed by atoms with Crippen LogP contribution >= 0.6 is 0 Å². The van der Waals surface area contributed by atoms with Crippen molar-refractivity contribution in [1.29, 1.82) is 0 Å². The minimum absolute atomic E-state index is 0.100. The summed E-state index contributed by atoms with van der Waals surface area (Å²) in [5.41, 5.74) is 1.98. The summed E-state index contributed by atoms with van der Waals surface area (Å²) in [7, 11) is -3.58. The molecule has 1 saturated heterocycles. The Morgan fingerprint density at radius 2 is 2.04 bits per heavy atom. The lowest BCUT2D eigenvalue weighted by Gasteiger charge is -2.22. The Balaban J connectivity index is 1.77. The van der Waals surface area contributed by atoms with Crippen LogP contribution < -0.4 is 10.0 Å². The first kappa shape index (κ1) is 19.9. The highest BCUT2D eigenvalue weighted by Gasteiger charge is 2.23. The first-order valence-electron chi connectivity index (χ1n) is 8.91. The number of rotatable bonds is 8. The van der Waals surface area contributed by atoms with Crippen LogP contribution in [0.25, 0.3) is 0 Å². The van der Waals surface area contributed by atoms with Gasteiger partial charge in [0.25, 0.3) is 0 Å². The van der Waals surface area contributed by atoms with E-state index in [1.54, 1.807) is 18.2 Å². The highest BCUT2D eigenvalue weighted by atomic mass is 32.2. The van der Waals surface area contributed by atoms with E-state index in [0.29, 0.717) is 12.6 Å². The molecule has 2 rings (SSSR count). The molecule has 0 aromatic heterocycles. The van der Waals surface area contributed by atoms with Gasteiger partial charge in [-0.1, -0.05) is 13.0 Å². The lowest BCUT2D eigenvalue weighted by molar-refractivity contribution is -0.121. The molecule has 1 aromatic carbocycles. The van der Waals surface area contributed by atoms with Gasteiger partial charge in [-0.15, -0.1) is 0 Å². The first-order valence-corrected chi connectivity index (χ1v) is 10.4. The maximum atomic E-state index is 12.3. The van der Waals surface area contributed by atoms with Crippen LogP contribution in [0.15, 0.2) is 23.1 Å². The van der Waals surface area contributed by atoms with Crippen molar-refractivity contribution in [3.63, 3.8) is 0 Å². The Morgan fingerprint density at radius 1 is 1.28 bits per heavy atom. The molecule has 1 unspecified atom stereocenters. The van der Waals surface area contributed by atoms with E-state index < -0.39 is 10.0 Å². The first-order chi connectivity index (χ1) is 11.8. The van der Waals surface area contributed by atoms with Crippen molar-refractivity contribution < 1.29 is 13.2 Å². The Bertz CT molecular complexity index is 704. The maximum absolute atomic E-state index is 12.3. The summed E-state index contributed by atoms with van der Waals surface area (Å²) in [6.07, 6.45) is 2.42. The molecule has 140 valence electrons. The van der Waals surface area contributed by atoms with Gasteiger partial charge in [-0.2, -0.15) is 0 Å². The van der Waals surface area contributed by atoms with E-state index >= 15 is 0 Å². The predicted molar refractivity (Wildman–Crippen MR) is 99.0 cm³/mol. The number of benzene rings is 1. The number of carbonyl (C=O) groups excluding carboxylic acids is 1. The SMILES string of the molecule is CCN1CCCC1CNC(=O)CCNS(=O)(=O)c1ccc(C)c(C)c1. The van der Waals surface area contributed by atoms with Crippen LogP contribution in [-0.4, -0.2) is 51.4 Å². The van der Waals surface area contributed by atoms with Crippen LogP contribution in [0.5, 0.6) is 0 Å². The molecule has 1 aliphatic rings. The van der Waals surface area contributed by atoms with Crippen molar-refractivity contribution in [2.45, 2.75) is 51.0 Å². The number of aryl methyl sites for hydroxylation is 2. The number of carbonyl (C=O) groups is 1. The third-order valence-corrected chi connectivity index (χ3v) is 6.33. The summed E-state index contributed by atoms with van der Waals surface area (Å²) in [6.45, 7) is 8.77. The van der Waals surface area contributed by atoms with Crippen molar-refractivity contribution in [1.82, 2.24) is 14.9 Å². The highest BCUT2D eigenvalue weighted by Crippen LogP contribution is 2.16. The monoisotopic (exact) mass is 367 g/mol. The van der Waals surface area contributed by atoms with E-state index in [0.717, 1.165) is 30.6 Å². The number of nitrogens with one attached hydrogen (secondary N) is 2. The largest absolute Gasteiger partial charge is 0.354 e. The number of nitrogens with zero attached hydrogens (tertiary/aromatic N) is 1. The summed E-state index contributed by atoms with van der Waals surface area (Å²) in [6, 6.07) is 5.43. The minimum Gasteiger partial charge on any atom is -0.354 e. The van der Waals surface area contributed by atoms with E-state index in [-0.39, 0.29) is 23.8 Å². The van der Waals surface area contributed by atoms with Crippen LogP contribution in [0, 0.1) is 13.8 Å². The van der Waals surface area contributed by atoms with Gasteiger partial charge in [0.15, 0.2) is 0 Å². The molecular formula is C18H29N3O3S.